The van der Waals surface area contributed by atoms with E-state index in [0.29, 0.717) is 4.82 Å². The number of hydrogen-bond donors (Lipinski definition) is 0. The van der Waals surface area contributed by atoms with Gasteiger partial charge in [0.05, 0.1) is 0 Å². The van der Waals surface area contributed by atoms with E-state index in [1.165, 1.54) is 18.5 Å². The molecule has 1 aliphatic rings. The van der Waals surface area contributed by atoms with E-state index in [1.807, 2.05) is 0 Å². The summed E-state index contributed by atoms with van der Waals surface area (Å²) in [6.07, 6.45) is 13.2. The summed E-state index contributed by atoms with van der Waals surface area (Å²) in [7, 11) is 0. The van der Waals surface area contributed by atoms with Crippen LogP contribution in [-0.4, -0.2) is 18.5 Å². The zero-order valence-corrected chi connectivity index (χ0v) is 10.8. The second-order valence-electron chi connectivity index (χ2n) is 3.38. The van der Waals surface area contributed by atoms with Crippen molar-refractivity contribution in [1.29, 1.82) is 0 Å². The monoisotopic (exact) mass is 247 g/mol. The Labute approximate surface area is 89.0 Å². The van der Waals surface area contributed by atoms with Gasteiger partial charge in [0.1, 0.15) is 0 Å². The number of rotatable bonds is 5. The first kappa shape index (κ1) is 11.5. The maximum atomic E-state index is 2.37. The maximum absolute atomic E-state index is 2.37. The van der Waals surface area contributed by atoms with E-state index < -0.39 is 5.95 Å². The summed E-state index contributed by atoms with van der Waals surface area (Å²) < 4.78 is 0. The van der Waals surface area contributed by atoms with Crippen LogP contribution < -0.4 is 0 Å². The van der Waals surface area contributed by atoms with Crippen molar-refractivity contribution in [1.82, 2.24) is 0 Å². The fourth-order valence-electron chi connectivity index (χ4n) is 1.59. The standard InChI is InChI=1S/C6H15P.C5H5.Cu/c1-4-7(5-2)6-3;1-2-4-5-3-1;/h4-6H2,1-3H3;1-5H;/q;;-2/p+1. The first-order valence-corrected chi connectivity index (χ1v) is 9.55. The molecule has 2 heteroatoms. The second kappa shape index (κ2) is 5.34. The Balaban J connectivity index is 2.55. The summed E-state index contributed by atoms with van der Waals surface area (Å²) >= 11 is 2.36. The van der Waals surface area contributed by atoms with Crippen LogP contribution in [0.1, 0.15) is 20.8 Å². The van der Waals surface area contributed by atoms with Gasteiger partial charge >= 0.3 is 88.8 Å². The molecule has 0 fully saturated rings. The van der Waals surface area contributed by atoms with Gasteiger partial charge in [-0.15, -0.1) is 0 Å². The van der Waals surface area contributed by atoms with Gasteiger partial charge in [-0.25, -0.2) is 0 Å². The van der Waals surface area contributed by atoms with Crippen LogP contribution in [0.2, 0.25) is 4.82 Å². The second-order valence-corrected chi connectivity index (χ2v) is 12.3. The molecule has 0 radical (unpaired) electrons. The molecule has 0 aromatic rings. The van der Waals surface area contributed by atoms with Gasteiger partial charge in [0.2, 0.25) is 0 Å². The van der Waals surface area contributed by atoms with Crippen LogP contribution in [0, 0.1) is 0 Å². The van der Waals surface area contributed by atoms with E-state index in [1.54, 1.807) is 0 Å². The van der Waals surface area contributed by atoms with E-state index in [9.17, 15) is 0 Å². The number of allylic oxidation sites excluding steroid dienone is 4. The van der Waals surface area contributed by atoms with Crippen molar-refractivity contribution >= 4 is 5.95 Å². The first-order valence-electron chi connectivity index (χ1n) is 5.17. The molecule has 0 unspecified atom stereocenters. The summed E-state index contributed by atoms with van der Waals surface area (Å²) in [5.41, 5.74) is 0. The molecule has 0 aromatic carbocycles. The summed E-state index contributed by atoms with van der Waals surface area (Å²) in [5, 5.41) is 0. The van der Waals surface area contributed by atoms with Gasteiger partial charge in [0.25, 0.3) is 0 Å². The molecule has 1 rings (SSSR count). The van der Waals surface area contributed by atoms with Gasteiger partial charge < -0.3 is 0 Å². The van der Waals surface area contributed by atoms with Gasteiger partial charge in [-0.3, -0.25) is 0 Å². The van der Waals surface area contributed by atoms with Crippen molar-refractivity contribution in [2.24, 2.45) is 0 Å². The van der Waals surface area contributed by atoms with Crippen molar-refractivity contribution in [3.8, 4) is 0 Å². The molecule has 0 saturated carbocycles. The molecule has 0 N–H and O–H groups in total. The summed E-state index contributed by atoms with van der Waals surface area (Å²) in [4.78, 5) is 0.676. The van der Waals surface area contributed by atoms with Crippen molar-refractivity contribution in [2.45, 2.75) is 25.6 Å². The van der Waals surface area contributed by atoms with E-state index in [2.05, 4.69) is 59.6 Å². The van der Waals surface area contributed by atoms with Crippen LogP contribution in [0.4, 0.5) is 0 Å². The molecule has 0 saturated heterocycles. The normalized spacial score (nSPS) is 18.7. The van der Waals surface area contributed by atoms with E-state index in [-0.39, 0.29) is 0 Å². The molecule has 13 heavy (non-hydrogen) atoms. The van der Waals surface area contributed by atoms with Crippen LogP contribution in [0.5, 0.6) is 0 Å². The van der Waals surface area contributed by atoms with Crippen LogP contribution in [0.15, 0.2) is 24.3 Å². The summed E-state index contributed by atoms with van der Waals surface area (Å²) in [6, 6.07) is 0. The van der Waals surface area contributed by atoms with Gasteiger partial charge in [-0.05, 0) is 0 Å². The summed E-state index contributed by atoms with van der Waals surface area (Å²) in [6.45, 7) is 7.10. The van der Waals surface area contributed by atoms with E-state index in [4.69, 9.17) is 0 Å². The molecular weight excluding hydrogens is 227 g/mol. The molecular formula is C11H21CuP-. The molecule has 82 valence electrons. The quantitative estimate of drug-likeness (QED) is 0.513. The Morgan fingerprint density at radius 1 is 1.00 bits per heavy atom. The van der Waals surface area contributed by atoms with Gasteiger partial charge in [-0.2, -0.15) is 0 Å². The third kappa shape index (κ3) is 2.94. The van der Waals surface area contributed by atoms with E-state index in [0.717, 1.165) is 0 Å². The minimum absolute atomic E-state index is 0.676. The molecule has 0 atom stereocenters. The SMILES string of the molecule is CC[PH](CC)(CC)[Cu-][CH]1C=CC=C1. The van der Waals surface area contributed by atoms with Crippen LogP contribution >= 0.6 is 5.95 Å². The van der Waals surface area contributed by atoms with Crippen LogP contribution in [0.3, 0.4) is 0 Å². The molecule has 0 heterocycles. The first-order chi connectivity index (χ1) is 6.26. The Kier molecular flexibility index (Phi) is 4.73. The Morgan fingerprint density at radius 3 is 1.85 bits per heavy atom. The molecule has 1 aliphatic carbocycles. The number of hydrogen-bond acceptors (Lipinski definition) is 0. The average Bonchev–Trinajstić information content (AvgIpc) is 2.67. The Bertz CT molecular complexity index is 184. The van der Waals surface area contributed by atoms with Crippen LogP contribution in [0.25, 0.3) is 0 Å². The third-order valence-electron chi connectivity index (χ3n) is 2.78. The van der Waals surface area contributed by atoms with Gasteiger partial charge in [0.15, 0.2) is 0 Å². The molecule has 0 spiro atoms. The minimum atomic E-state index is -0.979. The molecule has 0 aliphatic heterocycles. The van der Waals surface area contributed by atoms with Crippen LogP contribution in [-0.2, 0) is 14.5 Å². The van der Waals surface area contributed by atoms with E-state index >= 15 is 0 Å². The third-order valence-corrected chi connectivity index (χ3v) is 13.0. The summed E-state index contributed by atoms with van der Waals surface area (Å²) in [5.74, 6) is -0.979. The topological polar surface area (TPSA) is 0 Å². The van der Waals surface area contributed by atoms with Gasteiger partial charge in [0, 0.05) is 0 Å². The average molecular weight is 248 g/mol. The molecule has 0 amide bonds. The Morgan fingerprint density at radius 2 is 1.46 bits per heavy atom. The predicted molar refractivity (Wildman–Crippen MR) is 62.0 cm³/mol. The van der Waals surface area contributed by atoms with Crippen molar-refractivity contribution < 1.29 is 14.5 Å². The fourth-order valence-corrected chi connectivity index (χ4v) is 8.49. The van der Waals surface area contributed by atoms with Crippen molar-refractivity contribution in [2.75, 3.05) is 18.5 Å². The zero-order valence-electron chi connectivity index (χ0n) is 8.81. The molecule has 0 nitrogen and oxygen atoms in total. The fraction of sp³-hybridized carbons (Fsp3) is 0.636. The predicted octanol–water partition coefficient (Wildman–Crippen LogP) is 3.71. The van der Waals surface area contributed by atoms with Gasteiger partial charge in [-0.1, -0.05) is 0 Å². The zero-order chi connectivity index (χ0) is 9.73. The molecule has 0 aromatic heterocycles. The Hall–Kier alpha value is 0.429. The van der Waals surface area contributed by atoms with Crippen molar-refractivity contribution in [3.63, 3.8) is 0 Å². The van der Waals surface area contributed by atoms with Crippen molar-refractivity contribution in [3.05, 3.63) is 24.3 Å². The molecule has 0 bridgehead atoms.